The number of ether oxygens (including phenoxy) is 1. The monoisotopic (exact) mass is 446 g/mol. The van der Waals surface area contributed by atoms with Crippen LogP contribution < -0.4 is 9.46 Å². The van der Waals surface area contributed by atoms with Gasteiger partial charge in [0, 0.05) is 53.4 Å². The molecular formula is C19H22N6O3S2. The summed E-state index contributed by atoms with van der Waals surface area (Å²) in [5, 5.41) is 7.30. The van der Waals surface area contributed by atoms with Crippen LogP contribution in [0, 0.1) is 0 Å². The summed E-state index contributed by atoms with van der Waals surface area (Å²) in [7, 11) is -3.75. The molecule has 1 fully saturated rings. The van der Waals surface area contributed by atoms with E-state index in [4.69, 9.17) is 4.74 Å². The Balaban J connectivity index is 1.45. The Labute approximate surface area is 178 Å². The Kier molecular flexibility index (Phi) is 5.17. The molecule has 0 aliphatic carbocycles. The van der Waals surface area contributed by atoms with Gasteiger partial charge in [0.05, 0.1) is 17.7 Å². The summed E-state index contributed by atoms with van der Waals surface area (Å²) < 4.78 is 37.6. The van der Waals surface area contributed by atoms with E-state index in [2.05, 4.69) is 29.2 Å². The SMILES string of the molecule is O=S(=O)(Nc1ncns1)c1ccc2c(c1)OCC[C@@H]2N1CCCC[C@H]1c1cn[nH]c1. The predicted molar refractivity (Wildman–Crippen MR) is 112 cm³/mol. The van der Waals surface area contributed by atoms with E-state index in [0.29, 0.717) is 18.4 Å². The van der Waals surface area contributed by atoms with E-state index < -0.39 is 10.0 Å². The molecule has 0 radical (unpaired) electrons. The third-order valence-electron chi connectivity index (χ3n) is 5.73. The number of fused-ring (bicyclic) bond motifs is 1. The number of hydrogen-bond donors (Lipinski definition) is 2. The van der Waals surface area contributed by atoms with Gasteiger partial charge in [0.15, 0.2) is 0 Å². The highest BCUT2D eigenvalue weighted by atomic mass is 32.2. The molecule has 2 aromatic heterocycles. The van der Waals surface area contributed by atoms with Crippen molar-refractivity contribution in [1.29, 1.82) is 0 Å². The lowest BCUT2D eigenvalue weighted by Gasteiger charge is -2.43. The van der Waals surface area contributed by atoms with E-state index in [1.807, 2.05) is 18.5 Å². The van der Waals surface area contributed by atoms with Crippen LogP contribution in [0.3, 0.4) is 0 Å². The third kappa shape index (κ3) is 3.68. The minimum absolute atomic E-state index is 0.155. The molecule has 1 aromatic carbocycles. The molecule has 1 saturated heterocycles. The van der Waals surface area contributed by atoms with Crippen molar-refractivity contribution in [2.75, 3.05) is 17.9 Å². The van der Waals surface area contributed by atoms with Gasteiger partial charge in [0.25, 0.3) is 10.0 Å². The maximum absolute atomic E-state index is 12.7. The highest BCUT2D eigenvalue weighted by molar-refractivity contribution is 7.93. The standard InChI is InChI=1S/C19H22N6O3S2/c26-30(27,24-19-20-12-23-29-19)14-4-5-15-17(6-8-28-18(15)9-14)25-7-2-1-3-16(25)13-10-21-22-11-13/h4-5,9-12,16-17H,1-3,6-8H2,(H,21,22)(H,20,23,24)/t16-,17-/m0/s1. The molecule has 0 amide bonds. The van der Waals surface area contributed by atoms with E-state index in [1.165, 1.54) is 18.3 Å². The molecule has 0 unspecified atom stereocenters. The number of anilines is 1. The molecule has 9 nitrogen and oxygen atoms in total. The number of H-pyrrole nitrogens is 1. The van der Waals surface area contributed by atoms with Gasteiger partial charge in [-0.15, -0.1) is 0 Å². The van der Waals surface area contributed by atoms with Gasteiger partial charge in [-0.25, -0.2) is 13.4 Å². The first-order chi connectivity index (χ1) is 14.6. The minimum atomic E-state index is -3.75. The van der Waals surface area contributed by atoms with Crippen LogP contribution in [0.4, 0.5) is 5.13 Å². The first-order valence-electron chi connectivity index (χ1n) is 9.92. The second-order valence-corrected chi connectivity index (χ2v) is 9.95. The second kappa shape index (κ2) is 7.97. The van der Waals surface area contributed by atoms with Gasteiger partial charge >= 0.3 is 0 Å². The van der Waals surface area contributed by atoms with Crippen LogP contribution in [0.25, 0.3) is 0 Å². The van der Waals surface area contributed by atoms with E-state index in [1.54, 1.807) is 12.1 Å². The molecule has 158 valence electrons. The third-order valence-corrected chi connectivity index (χ3v) is 7.78. The molecule has 0 saturated carbocycles. The first-order valence-corrected chi connectivity index (χ1v) is 12.2. The number of hydrogen-bond acceptors (Lipinski definition) is 8. The fraction of sp³-hybridized carbons (Fsp3) is 0.421. The van der Waals surface area contributed by atoms with Gasteiger partial charge in [-0.3, -0.25) is 14.7 Å². The molecule has 2 N–H and O–H groups in total. The molecule has 4 heterocycles. The molecule has 0 bridgehead atoms. The largest absolute Gasteiger partial charge is 0.493 e. The van der Waals surface area contributed by atoms with Crippen molar-refractivity contribution in [1.82, 2.24) is 24.5 Å². The average molecular weight is 447 g/mol. The van der Waals surface area contributed by atoms with Crippen LogP contribution in [0.1, 0.15) is 48.9 Å². The molecule has 0 spiro atoms. The Morgan fingerprint density at radius 1 is 1.23 bits per heavy atom. The lowest BCUT2D eigenvalue weighted by molar-refractivity contribution is 0.0668. The lowest BCUT2D eigenvalue weighted by Crippen LogP contribution is -2.38. The normalized spacial score (nSPS) is 22.3. The first kappa shape index (κ1) is 19.5. The summed E-state index contributed by atoms with van der Waals surface area (Å²) >= 11 is 0.994. The fourth-order valence-electron chi connectivity index (χ4n) is 4.38. The van der Waals surface area contributed by atoms with Crippen molar-refractivity contribution >= 4 is 26.7 Å². The molecular weight excluding hydrogens is 424 g/mol. The number of likely N-dealkylation sites (tertiary alicyclic amines) is 1. The second-order valence-electron chi connectivity index (χ2n) is 7.49. The van der Waals surface area contributed by atoms with Gasteiger partial charge in [-0.1, -0.05) is 12.5 Å². The molecule has 2 aliphatic heterocycles. The van der Waals surface area contributed by atoms with Crippen LogP contribution in [0.5, 0.6) is 5.75 Å². The number of nitrogens with one attached hydrogen (secondary N) is 2. The summed E-state index contributed by atoms with van der Waals surface area (Å²) in [4.78, 5) is 6.56. The van der Waals surface area contributed by atoms with E-state index in [0.717, 1.165) is 42.9 Å². The van der Waals surface area contributed by atoms with Crippen LogP contribution >= 0.6 is 11.5 Å². The summed E-state index contributed by atoms with van der Waals surface area (Å²) in [6, 6.07) is 5.62. The summed E-state index contributed by atoms with van der Waals surface area (Å²) in [6.07, 6.45) is 9.49. The van der Waals surface area contributed by atoms with Crippen molar-refractivity contribution in [3.63, 3.8) is 0 Å². The minimum Gasteiger partial charge on any atom is -0.493 e. The van der Waals surface area contributed by atoms with Crippen LogP contribution in [0.15, 0.2) is 41.8 Å². The fourth-order valence-corrected chi connectivity index (χ4v) is 6.06. The number of sulfonamides is 1. The Hall–Kier alpha value is -2.50. The number of aromatic nitrogens is 4. The summed E-state index contributed by atoms with van der Waals surface area (Å²) in [6.45, 7) is 1.55. The number of benzene rings is 1. The molecule has 3 aromatic rings. The predicted octanol–water partition coefficient (Wildman–Crippen LogP) is 3.11. The zero-order valence-corrected chi connectivity index (χ0v) is 17.8. The molecule has 30 heavy (non-hydrogen) atoms. The number of nitrogens with zero attached hydrogens (tertiary/aromatic N) is 4. The lowest BCUT2D eigenvalue weighted by atomic mass is 9.91. The number of rotatable bonds is 5. The van der Waals surface area contributed by atoms with E-state index in [9.17, 15) is 8.42 Å². The average Bonchev–Trinajstić information content (AvgIpc) is 3.47. The van der Waals surface area contributed by atoms with Crippen molar-refractivity contribution in [2.24, 2.45) is 0 Å². The number of aromatic amines is 1. The van der Waals surface area contributed by atoms with Gasteiger partial charge in [-0.2, -0.15) is 9.47 Å². The topological polar surface area (TPSA) is 113 Å². The van der Waals surface area contributed by atoms with Crippen LogP contribution in [-0.2, 0) is 10.0 Å². The Bertz CT molecular complexity index is 1100. The van der Waals surface area contributed by atoms with Crippen LogP contribution in [0.2, 0.25) is 0 Å². The molecule has 2 atom stereocenters. The maximum Gasteiger partial charge on any atom is 0.263 e. The van der Waals surface area contributed by atoms with E-state index >= 15 is 0 Å². The number of piperidine rings is 1. The van der Waals surface area contributed by atoms with Gasteiger partial charge < -0.3 is 4.74 Å². The van der Waals surface area contributed by atoms with Crippen molar-refractivity contribution in [3.05, 3.63) is 48.0 Å². The maximum atomic E-state index is 12.7. The van der Waals surface area contributed by atoms with Gasteiger partial charge in [0.2, 0.25) is 5.13 Å². The van der Waals surface area contributed by atoms with Gasteiger partial charge in [0.1, 0.15) is 12.1 Å². The smallest absolute Gasteiger partial charge is 0.263 e. The molecule has 5 rings (SSSR count). The molecule has 2 aliphatic rings. The van der Waals surface area contributed by atoms with E-state index in [-0.39, 0.29) is 16.1 Å². The Morgan fingerprint density at radius 2 is 2.17 bits per heavy atom. The summed E-state index contributed by atoms with van der Waals surface area (Å²) in [5.41, 5.74) is 2.23. The highest BCUT2D eigenvalue weighted by Crippen LogP contribution is 2.43. The zero-order chi connectivity index (χ0) is 20.6. The van der Waals surface area contributed by atoms with Crippen molar-refractivity contribution in [3.8, 4) is 5.75 Å². The van der Waals surface area contributed by atoms with Crippen molar-refractivity contribution < 1.29 is 13.2 Å². The Morgan fingerprint density at radius 3 is 2.97 bits per heavy atom. The van der Waals surface area contributed by atoms with Crippen molar-refractivity contribution in [2.45, 2.75) is 42.7 Å². The quantitative estimate of drug-likeness (QED) is 0.619. The van der Waals surface area contributed by atoms with Crippen LogP contribution in [-0.4, -0.2) is 46.0 Å². The highest BCUT2D eigenvalue weighted by Gasteiger charge is 2.35. The summed E-state index contributed by atoms with van der Waals surface area (Å²) in [5.74, 6) is 0.628. The molecule has 11 heteroatoms. The zero-order valence-electron chi connectivity index (χ0n) is 16.2. The van der Waals surface area contributed by atoms with Gasteiger partial charge in [-0.05, 0) is 25.5 Å².